The van der Waals surface area contributed by atoms with Crippen LogP contribution < -0.4 is 5.32 Å². The van der Waals surface area contributed by atoms with Crippen molar-refractivity contribution in [1.29, 1.82) is 0 Å². The topological polar surface area (TPSA) is 79.4 Å². The number of aromatic nitrogens is 1. The number of hydrogen-bond donors (Lipinski definition) is 1. The van der Waals surface area contributed by atoms with Crippen LogP contribution in [0.4, 0.5) is 5.69 Å². The van der Waals surface area contributed by atoms with Gasteiger partial charge in [0.1, 0.15) is 4.90 Å². The summed E-state index contributed by atoms with van der Waals surface area (Å²) in [5.41, 5.74) is 0.453. The summed E-state index contributed by atoms with van der Waals surface area (Å²) in [6, 6.07) is 8.12. The van der Waals surface area contributed by atoms with E-state index in [1.54, 1.807) is 24.3 Å². The van der Waals surface area contributed by atoms with Gasteiger partial charge in [-0.2, -0.15) is 4.31 Å². The van der Waals surface area contributed by atoms with E-state index in [2.05, 4.69) is 10.3 Å². The number of hydrogen-bond acceptors (Lipinski definition) is 4. The molecule has 1 saturated heterocycles. The SMILES string of the molecule is O=C(Nc1cccc(Cl)c1Cl)C1CCN(S(=O)(=O)c2cccnc2)CC1. The van der Waals surface area contributed by atoms with E-state index in [1.807, 2.05) is 0 Å². The number of carbonyl (C=O) groups is 1. The molecule has 0 radical (unpaired) electrons. The molecule has 1 aliphatic heterocycles. The summed E-state index contributed by atoms with van der Waals surface area (Å²) in [7, 11) is -3.58. The van der Waals surface area contributed by atoms with Gasteiger partial charge in [0, 0.05) is 31.4 Å². The largest absolute Gasteiger partial charge is 0.324 e. The van der Waals surface area contributed by atoms with E-state index in [-0.39, 0.29) is 29.8 Å². The molecule has 0 bridgehead atoms. The molecule has 1 fully saturated rings. The van der Waals surface area contributed by atoms with Crippen LogP contribution in [0.15, 0.2) is 47.6 Å². The zero-order chi connectivity index (χ0) is 18.7. The number of rotatable bonds is 4. The normalized spacial score (nSPS) is 16.4. The van der Waals surface area contributed by atoms with Gasteiger partial charge in [-0.1, -0.05) is 29.3 Å². The Balaban J connectivity index is 1.63. The second-order valence-corrected chi connectivity index (χ2v) is 8.68. The lowest BCUT2D eigenvalue weighted by atomic mass is 9.97. The molecule has 26 heavy (non-hydrogen) atoms. The Hall–Kier alpha value is -1.67. The smallest absolute Gasteiger partial charge is 0.244 e. The average molecular weight is 414 g/mol. The highest BCUT2D eigenvalue weighted by atomic mass is 35.5. The third-order valence-corrected chi connectivity index (χ3v) is 7.01. The quantitative estimate of drug-likeness (QED) is 0.832. The molecule has 2 aromatic rings. The summed E-state index contributed by atoms with van der Waals surface area (Å²) in [6.07, 6.45) is 3.72. The molecule has 1 N–H and O–H groups in total. The van der Waals surface area contributed by atoms with Gasteiger partial charge in [0.2, 0.25) is 15.9 Å². The molecule has 0 saturated carbocycles. The number of amides is 1. The number of pyridine rings is 1. The highest BCUT2D eigenvalue weighted by Gasteiger charge is 2.32. The summed E-state index contributed by atoms with van der Waals surface area (Å²) in [5, 5.41) is 3.43. The van der Waals surface area contributed by atoms with Gasteiger partial charge >= 0.3 is 0 Å². The molecule has 9 heteroatoms. The van der Waals surface area contributed by atoms with Gasteiger partial charge in [-0.15, -0.1) is 0 Å². The van der Waals surface area contributed by atoms with E-state index in [0.717, 1.165) is 0 Å². The fourth-order valence-electron chi connectivity index (χ4n) is 2.84. The van der Waals surface area contributed by atoms with Gasteiger partial charge in [-0.3, -0.25) is 9.78 Å². The molecule has 0 atom stereocenters. The van der Waals surface area contributed by atoms with Gasteiger partial charge in [0.15, 0.2) is 0 Å². The zero-order valence-electron chi connectivity index (χ0n) is 13.7. The fourth-order valence-corrected chi connectivity index (χ4v) is 4.62. The second kappa shape index (κ2) is 7.92. The molecule has 0 unspecified atom stereocenters. The number of anilines is 1. The van der Waals surface area contributed by atoms with Crippen molar-refractivity contribution in [2.24, 2.45) is 5.92 Å². The van der Waals surface area contributed by atoms with Crippen LogP contribution in [0.1, 0.15) is 12.8 Å². The molecule has 1 aliphatic rings. The van der Waals surface area contributed by atoms with Crippen LogP contribution in [0.2, 0.25) is 10.0 Å². The maximum atomic E-state index is 12.6. The lowest BCUT2D eigenvalue weighted by Crippen LogP contribution is -2.41. The van der Waals surface area contributed by atoms with Crippen molar-refractivity contribution >= 4 is 44.8 Å². The molecule has 3 rings (SSSR count). The van der Waals surface area contributed by atoms with Crippen molar-refractivity contribution in [2.75, 3.05) is 18.4 Å². The standard InChI is InChI=1S/C17H17Cl2N3O3S/c18-14-4-1-5-15(16(14)19)21-17(23)12-6-9-22(10-7-12)26(24,25)13-3-2-8-20-11-13/h1-5,8,11-12H,6-7,9-10H2,(H,21,23). The molecule has 1 aromatic heterocycles. The Labute approximate surface area is 162 Å². The van der Waals surface area contributed by atoms with Crippen LogP contribution in [-0.2, 0) is 14.8 Å². The summed E-state index contributed by atoms with van der Waals surface area (Å²) in [4.78, 5) is 16.5. The average Bonchev–Trinajstić information content (AvgIpc) is 2.66. The van der Waals surface area contributed by atoms with Gasteiger partial charge < -0.3 is 5.32 Å². The number of nitrogens with one attached hydrogen (secondary N) is 1. The number of sulfonamides is 1. The van der Waals surface area contributed by atoms with E-state index in [1.165, 1.54) is 22.8 Å². The Morgan fingerprint density at radius 2 is 1.88 bits per heavy atom. The maximum Gasteiger partial charge on any atom is 0.244 e. The molecule has 1 amide bonds. The van der Waals surface area contributed by atoms with Gasteiger partial charge in [-0.25, -0.2) is 8.42 Å². The number of piperidine rings is 1. The highest BCUT2D eigenvalue weighted by molar-refractivity contribution is 7.89. The predicted molar refractivity (Wildman–Crippen MR) is 101 cm³/mol. The van der Waals surface area contributed by atoms with Gasteiger partial charge in [0.05, 0.1) is 15.7 Å². The van der Waals surface area contributed by atoms with E-state index >= 15 is 0 Å². The zero-order valence-corrected chi connectivity index (χ0v) is 16.1. The number of carbonyl (C=O) groups excluding carboxylic acids is 1. The minimum Gasteiger partial charge on any atom is -0.324 e. The Bertz CT molecular complexity index is 899. The summed E-state index contributed by atoms with van der Waals surface area (Å²) < 4.78 is 26.6. The lowest BCUT2D eigenvalue weighted by Gasteiger charge is -2.30. The van der Waals surface area contributed by atoms with E-state index in [4.69, 9.17) is 23.2 Å². The Morgan fingerprint density at radius 3 is 2.54 bits per heavy atom. The molecule has 138 valence electrons. The highest BCUT2D eigenvalue weighted by Crippen LogP contribution is 2.31. The first kappa shape index (κ1) is 19.1. The first-order valence-electron chi connectivity index (χ1n) is 8.04. The summed E-state index contributed by atoms with van der Waals surface area (Å²) in [5.74, 6) is -0.474. The van der Waals surface area contributed by atoms with Gasteiger partial charge in [0.25, 0.3) is 0 Å². The van der Waals surface area contributed by atoms with E-state index in [0.29, 0.717) is 28.6 Å². The molecular weight excluding hydrogens is 397 g/mol. The predicted octanol–water partition coefficient (Wildman–Crippen LogP) is 3.43. The van der Waals surface area contributed by atoms with Crippen LogP contribution in [0.3, 0.4) is 0 Å². The maximum absolute atomic E-state index is 12.6. The van der Waals surface area contributed by atoms with Crippen molar-refractivity contribution in [3.63, 3.8) is 0 Å². The van der Waals surface area contributed by atoms with Crippen molar-refractivity contribution in [1.82, 2.24) is 9.29 Å². The Morgan fingerprint density at radius 1 is 1.15 bits per heavy atom. The molecule has 2 heterocycles. The lowest BCUT2D eigenvalue weighted by molar-refractivity contribution is -0.120. The third-order valence-electron chi connectivity index (χ3n) is 4.31. The molecular formula is C17H17Cl2N3O3S. The van der Waals surface area contributed by atoms with Crippen molar-refractivity contribution in [2.45, 2.75) is 17.7 Å². The minimum absolute atomic E-state index is 0.161. The van der Waals surface area contributed by atoms with Crippen LogP contribution >= 0.6 is 23.2 Å². The van der Waals surface area contributed by atoms with E-state index < -0.39 is 10.0 Å². The second-order valence-electron chi connectivity index (χ2n) is 5.96. The van der Waals surface area contributed by atoms with E-state index in [9.17, 15) is 13.2 Å². The molecule has 1 aromatic carbocycles. The van der Waals surface area contributed by atoms with Crippen LogP contribution in [0, 0.1) is 5.92 Å². The van der Waals surface area contributed by atoms with Crippen LogP contribution in [0.5, 0.6) is 0 Å². The monoisotopic (exact) mass is 413 g/mol. The van der Waals surface area contributed by atoms with Crippen molar-refractivity contribution in [3.8, 4) is 0 Å². The van der Waals surface area contributed by atoms with Crippen molar-refractivity contribution in [3.05, 3.63) is 52.8 Å². The van der Waals surface area contributed by atoms with Gasteiger partial charge in [-0.05, 0) is 37.1 Å². The fraction of sp³-hybridized carbons (Fsp3) is 0.294. The molecule has 0 aliphatic carbocycles. The van der Waals surface area contributed by atoms with Crippen LogP contribution in [-0.4, -0.2) is 36.7 Å². The molecule has 0 spiro atoms. The first-order chi connectivity index (χ1) is 12.4. The number of halogens is 2. The van der Waals surface area contributed by atoms with Crippen molar-refractivity contribution < 1.29 is 13.2 Å². The molecule has 6 nitrogen and oxygen atoms in total. The third kappa shape index (κ3) is 4.01. The Kier molecular flexibility index (Phi) is 5.82. The first-order valence-corrected chi connectivity index (χ1v) is 10.2. The minimum atomic E-state index is -3.58. The summed E-state index contributed by atoms with van der Waals surface area (Å²) in [6.45, 7) is 0.553. The van der Waals surface area contributed by atoms with Crippen LogP contribution in [0.25, 0.3) is 0 Å². The number of benzene rings is 1. The summed E-state index contributed by atoms with van der Waals surface area (Å²) >= 11 is 12.0. The number of nitrogens with zero attached hydrogens (tertiary/aromatic N) is 2.